The molecule has 3 aromatic rings. The maximum absolute atomic E-state index is 13.3. The van der Waals surface area contributed by atoms with Gasteiger partial charge in [-0.3, -0.25) is 4.31 Å². The summed E-state index contributed by atoms with van der Waals surface area (Å²) >= 11 is 0. The molecule has 0 amide bonds. The summed E-state index contributed by atoms with van der Waals surface area (Å²) < 4.78 is 28.1. The summed E-state index contributed by atoms with van der Waals surface area (Å²) in [4.78, 5) is 0.276. The van der Waals surface area contributed by atoms with Crippen LogP contribution in [0.1, 0.15) is 16.7 Å². The van der Waals surface area contributed by atoms with Gasteiger partial charge in [-0.2, -0.15) is 0 Å². The van der Waals surface area contributed by atoms with Crippen LogP contribution in [-0.4, -0.2) is 12.7 Å². The van der Waals surface area contributed by atoms with E-state index in [0.717, 1.165) is 16.7 Å². The lowest BCUT2D eigenvalue weighted by atomic mass is 10.1. The number of benzene rings is 3. The highest BCUT2D eigenvalue weighted by molar-refractivity contribution is 7.89. The van der Waals surface area contributed by atoms with Crippen molar-refractivity contribution >= 4 is 10.0 Å². The van der Waals surface area contributed by atoms with Crippen LogP contribution < -0.4 is 0 Å². The molecule has 0 saturated carbocycles. The molecule has 0 saturated heterocycles. The molecule has 0 aliphatic carbocycles. The topological polar surface area (TPSA) is 37.4 Å². The Morgan fingerprint density at radius 3 is 1.89 bits per heavy atom. The van der Waals surface area contributed by atoms with E-state index in [1.54, 1.807) is 12.1 Å². The Labute approximate surface area is 161 Å². The van der Waals surface area contributed by atoms with Gasteiger partial charge in [0.05, 0.1) is 11.4 Å². The lowest BCUT2D eigenvalue weighted by Gasteiger charge is -2.27. The quantitative estimate of drug-likeness (QED) is 0.585. The summed E-state index contributed by atoms with van der Waals surface area (Å²) in [6.07, 6.45) is 0.471. The van der Waals surface area contributed by atoms with E-state index in [0.29, 0.717) is 12.1 Å². The molecule has 138 valence electrons. The Hall–Kier alpha value is -2.85. The van der Waals surface area contributed by atoms with Crippen LogP contribution in [0.25, 0.3) is 0 Å². The van der Waals surface area contributed by atoms with Crippen molar-refractivity contribution in [2.45, 2.75) is 24.8 Å². The Morgan fingerprint density at radius 1 is 0.815 bits per heavy atom. The fraction of sp³-hybridized carbons (Fsp3) is 0.130. The molecule has 4 heteroatoms. The maximum Gasteiger partial charge on any atom is 0.264 e. The van der Waals surface area contributed by atoms with E-state index < -0.39 is 10.0 Å². The summed E-state index contributed by atoms with van der Waals surface area (Å²) in [7, 11) is -3.70. The largest absolute Gasteiger partial charge is 0.266 e. The first kappa shape index (κ1) is 18.9. The normalized spacial score (nSPS) is 11.1. The van der Waals surface area contributed by atoms with Gasteiger partial charge in [0.1, 0.15) is 0 Å². The minimum atomic E-state index is -3.70. The fourth-order valence-electron chi connectivity index (χ4n) is 2.87. The number of sulfonamides is 1. The minimum Gasteiger partial charge on any atom is -0.266 e. The van der Waals surface area contributed by atoms with Gasteiger partial charge in [-0.15, -0.1) is 0 Å². The summed E-state index contributed by atoms with van der Waals surface area (Å²) in [6.45, 7) is 6.29. The molecular formula is C23H23NO2S. The molecule has 27 heavy (non-hydrogen) atoms. The second-order valence-electron chi connectivity index (χ2n) is 6.54. The number of allylic oxidation sites excluding steroid dienone is 1. The van der Waals surface area contributed by atoms with Crippen molar-refractivity contribution in [1.29, 1.82) is 0 Å². The Kier molecular flexibility index (Phi) is 5.77. The summed E-state index contributed by atoms with van der Waals surface area (Å²) in [6, 6.07) is 26.3. The van der Waals surface area contributed by atoms with Crippen LogP contribution in [-0.2, 0) is 23.0 Å². The van der Waals surface area contributed by atoms with Crippen molar-refractivity contribution in [2.24, 2.45) is 0 Å². The van der Waals surface area contributed by atoms with Gasteiger partial charge in [0.15, 0.2) is 0 Å². The van der Waals surface area contributed by atoms with Crippen LogP contribution in [0.3, 0.4) is 0 Å². The van der Waals surface area contributed by atoms with Crippen molar-refractivity contribution in [3.8, 4) is 0 Å². The van der Waals surface area contributed by atoms with Gasteiger partial charge < -0.3 is 0 Å². The van der Waals surface area contributed by atoms with Gasteiger partial charge in [-0.1, -0.05) is 84.9 Å². The number of hydrogen-bond acceptors (Lipinski definition) is 2. The lowest BCUT2D eigenvalue weighted by Crippen LogP contribution is -2.30. The Morgan fingerprint density at radius 2 is 1.33 bits per heavy atom. The van der Waals surface area contributed by atoms with E-state index in [9.17, 15) is 8.42 Å². The van der Waals surface area contributed by atoms with Crippen molar-refractivity contribution < 1.29 is 8.42 Å². The second kappa shape index (κ2) is 8.23. The van der Waals surface area contributed by atoms with Crippen LogP contribution in [0.4, 0.5) is 0 Å². The third-order valence-corrected chi connectivity index (χ3v) is 6.22. The number of aryl methyl sites for hydroxylation is 1. The molecule has 3 rings (SSSR count). The first-order valence-electron chi connectivity index (χ1n) is 8.82. The third-order valence-electron chi connectivity index (χ3n) is 4.38. The second-order valence-corrected chi connectivity index (χ2v) is 8.40. The molecule has 0 radical (unpaired) electrons. The average molecular weight is 378 g/mol. The predicted molar refractivity (Wildman–Crippen MR) is 110 cm³/mol. The molecule has 0 aliphatic rings. The highest BCUT2D eigenvalue weighted by Crippen LogP contribution is 2.24. The highest BCUT2D eigenvalue weighted by atomic mass is 32.2. The van der Waals surface area contributed by atoms with Gasteiger partial charge >= 0.3 is 0 Å². The van der Waals surface area contributed by atoms with E-state index in [4.69, 9.17) is 0 Å². The first-order valence-corrected chi connectivity index (χ1v) is 10.3. The Balaban J connectivity index is 1.96. The number of hydrogen-bond donors (Lipinski definition) is 0. The molecule has 3 aromatic carbocycles. The molecule has 0 fully saturated rings. The Bertz CT molecular complexity index is 995. The fourth-order valence-corrected chi connectivity index (χ4v) is 4.33. The van der Waals surface area contributed by atoms with E-state index in [-0.39, 0.29) is 11.4 Å². The molecule has 0 aliphatic heterocycles. The third kappa shape index (κ3) is 4.66. The van der Waals surface area contributed by atoms with Gasteiger partial charge in [-0.05, 0) is 30.2 Å². The summed E-state index contributed by atoms with van der Waals surface area (Å²) in [5.41, 5.74) is 3.51. The molecular weight excluding hydrogens is 354 g/mol. The average Bonchev–Trinajstić information content (AvgIpc) is 2.68. The SMILES string of the molecule is C=C(Cc1ccccc1)N(Cc1ccccc1)S(=O)(=O)c1ccc(C)cc1. The molecule has 0 atom stereocenters. The standard InChI is InChI=1S/C23H23NO2S/c1-19-13-15-23(16-14-19)27(25,26)24(18-22-11-7-4-8-12-22)20(2)17-21-9-5-3-6-10-21/h3-16H,2,17-18H2,1H3. The first-order chi connectivity index (χ1) is 13.0. The van der Waals surface area contributed by atoms with Gasteiger partial charge in [0, 0.05) is 12.1 Å². The summed E-state index contributed by atoms with van der Waals surface area (Å²) in [5.74, 6) is 0. The van der Waals surface area contributed by atoms with E-state index in [2.05, 4.69) is 6.58 Å². The van der Waals surface area contributed by atoms with Crippen molar-refractivity contribution in [2.75, 3.05) is 0 Å². The molecule has 0 heterocycles. The monoisotopic (exact) mass is 377 g/mol. The van der Waals surface area contributed by atoms with Gasteiger partial charge in [0.25, 0.3) is 10.0 Å². The van der Waals surface area contributed by atoms with E-state index >= 15 is 0 Å². The van der Waals surface area contributed by atoms with Crippen LogP contribution in [0, 0.1) is 6.92 Å². The molecule has 0 spiro atoms. The smallest absolute Gasteiger partial charge is 0.264 e. The number of nitrogens with zero attached hydrogens (tertiary/aromatic N) is 1. The number of rotatable bonds is 7. The van der Waals surface area contributed by atoms with Crippen molar-refractivity contribution in [3.05, 3.63) is 114 Å². The zero-order valence-corrected chi connectivity index (χ0v) is 16.2. The van der Waals surface area contributed by atoms with Crippen LogP contribution in [0.2, 0.25) is 0 Å². The van der Waals surface area contributed by atoms with Crippen LogP contribution in [0.5, 0.6) is 0 Å². The molecule has 3 nitrogen and oxygen atoms in total. The molecule has 0 unspecified atom stereocenters. The molecule has 0 aromatic heterocycles. The van der Waals surface area contributed by atoms with Crippen LogP contribution in [0.15, 0.2) is 102 Å². The van der Waals surface area contributed by atoms with Gasteiger partial charge in [-0.25, -0.2) is 8.42 Å². The zero-order valence-electron chi connectivity index (χ0n) is 15.4. The van der Waals surface area contributed by atoms with Crippen LogP contribution >= 0.6 is 0 Å². The maximum atomic E-state index is 13.3. The van der Waals surface area contributed by atoms with Crippen molar-refractivity contribution in [1.82, 2.24) is 4.31 Å². The van der Waals surface area contributed by atoms with Gasteiger partial charge in [0.2, 0.25) is 0 Å². The van der Waals surface area contributed by atoms with E-state index in [1.807, 2.05) is 79.7 Å². The van der Waals surface area contributed by atoms with Crippen molar-refractivity contribution in [3.63, 3.8) is 0 Å². The predicted octanol–water partition coefficient (Wildman–Crippen LogP) is 4.94. The minimum absolute atomic E-state index is 0.253. The molecule has 0 N–H and O–H groups in total. The molecule has 0 bridgehead atoms. The lowest BCUT2D eigenvalue weighted by molar-refractivity contribution is 0.466. The van der Waals surface area contributed by atoms with E-state index in [1.165, 1.54) is 4.31 Å². The zero-order chi connectivity index (χ0) is 19.3. The highest BCUT2D eigenvalue weighted by Gasteiger charge is 2.26. The summed E-state index contributed by atoms with van der Waals surface area (Å²) in [5, 5.41) is 0.